The number of rotatable bonds is 2. The number of benzene rings is 1. The van der Waals surface area contributed by atoms with Gasteiger partial charge >= 0.3 is 4.60 Å². The minimum atomic E-state index is 0.419. The number of ether oxygens (including phenoxy) is 1. The van der Waals surface area contributed by atoms with Crippen molar-refractivity contribution in [1.29, 1.82) is 0 Å². The van der Waals surface area contributed by atoms with Gasteiger partial charge in [-0.05, 0) is 13.0 Å². The van der Waals surface area contributed by atoms with E-state index in [-0.39, 0.29) is 0 Å². The van der Waals surface area contributed by atoms with E-state index in [0.717, 1.165) is 15.5 Å². The van der Waals surface area contributed by atoms with Crippen molar-refractivity contribution in [2.24, 2.45) is 0 Å². The van der Waals surface area contributed by atoms with Gasteiger partial charge in [0, 0.05) is 21.3 Å². The molecule has 0 aliphatic rings. The molecule has 1 aromatic heterocycles. The lowest BCUT2D eigenvalue weighted by atomic mass is 10.2. The molecule has 0 aliphatic heterocycles. The van der Waals surface area contributed by atoms with Crippen molar-refractivity contribution in [3.05, 3.63) is 40.3 Å². The number of nitrogens with zero attached hydrogens (tertiary/aromatic N) is 1. The van der Waals surface area contributed by atoms with Crippen LogP contribution in [0.15, 0.2) is 35.1 Å². The number of pyridine rings is 1. The number of hydrogen-bond donors (Lipinski definition) is 0. The van der Waals surface area contributed by atoms with E-state index in [9.17, 15) is 5.21 Å². The van der Waals surface area contributed by atoms with Crippen LogP contribution in [0.4, 0.5) is 0 Å². The summed E-state index contributed by atoms with van der Waals surface area (Å²) in [5.74, 6) is 0.602. The fourth-order valence-electron chi connectivity index (χ4n) is 1.49. The van der Waals surface area contributed by atoms with E-state index in [0.29, 0.717) is 17.0 Å². The molecule has 1 heterocycles. The van der Waals surface area contributed by atoms with Crippen LogP contribution >= 0.6 is 15.9 Å². The molecule has 0 atom stereocenters. The van der Waals surface area contributed by atoms with Gasteiger partial charge in [-0.3, -0.25) is 0 Å². The molecule has 0 unspecified atom stereocenters. The van der Waals surface area contributed by atoms with Crippen LogP contribution in [0.5, 0.6) is 5.75 Å². The van der Waals surface area contributed by atoms with Crippen molar-refractivity contribution in [2.45, 2.75) is 6.92 Å². The zero-order chi connectivity index (χ0) is 10.8. The van der Waals surface area contributed by atoms with Crippen LogP contribution in [0.1, 0.15) is 6.92 Å². The lowest BCUT2D eigenvalue weighted by molar-refractivity contribution is -0.616. The van der Waals surface area contributed by atoms with Gasteiger partial charge in [-0.25, -0.2) is 0 Å². The lowest BCUT2D eigenvalue weighted by Crippen LogP contribution is -2.27. The normalized spacial score (nSPS) is 10.5. The van der Waals surface area contributed by atoms with Gasteiger partial charge in [-0.2, -0.15) is 4.73 Å². The summed E-state index contributed by atoms with van der Waals surface area (Å²) in [6.07, 6.45) is 1.53. The Kier molecular flexibility index (Phi) is 2.77. The highest BCUT2D eigenvalue weighted by Gasteiger charge is 2.15. The second kappa shape index (κ2) is 4.06. The zero-order valence-electron chi connectivity index (χ0n) is 8.24. The van der Waals surface area contributed by atoms with E-state index in [4.69, 9.17) is 4.74 Å². The van der Waals surface area contributed by atoms with Gasteiger partial charge in [0.2, 0.25) is 5.75 Å². The molecular weight excluding hydrogens is 258 g/mol. The fourth-order valence-corrected chi connectivity index (χ4v) is 1.92. The maximum absolute atomic E-state index is 11.5. The van der Waals surface area contributed by atoms with Crippen LogP contribution in [0.3, 0.4) is 0 Å². The van der Waals surface area contributed by atoms with E-state index in [2.05, 4.69) is 15.9 Å². The van der Waals surface area contributed by atoms with Crippen LogP contribution in [-0.2, 0) is 0 Å². The highest BCUT2D eigenvalue weighted by atomic mass is 79.9. The molecule has 0 bridgehead atoms. The monoisotopic (exact) mass is 267 g/mol. The Morgan fingerprint density at radius 1 is 1.40 bits per heavy atom. The fraction of sp³-hybridized carbons (Fsp3) is 0.182. The number of aromatic nitrogens is 1. The van der Waals surface area contributed by atoms with Crippen LogP contribution < -0.4 is 9.47 Å². The van der Waals surface area contributed by atoms with Gasteiger partial charge in [0.25, 0.3) is 0 Å². The molecule has 3 nitrogen and oxygen atoms in total. The van der Waals surface area contributed by atoms with Crippen molar-refractivity contribution in [3.8, 4) is 5.75 Å². The summed E-state index contributed by atoms with van der Waals surface area (Å²) in [6, 6.07) is 7.64. The molecule has 0 fully saturated rings. The summed E-state index contributed by atoms with van der Waals surface area (Å²) in [5.41, 5.74) is 0. The Labute approximate surface area is 96.0 Å². The van der Waals surface area contributed by atoms with E-state index in [1.165, 1.54) is 6.20 Å². The number of fused-ring (bicyclic) bond motifs is 1. The highest BCUT2D eigenvalue weighted by molar-refractivity contribution is 9.10. The molecule has 0 saturated carbocycles. The first kappa shape index (κ1) is 10.2. The van der Waals surface area contributed by atoms with Crippen molar-refractivity contribution < 1.29 is 9.47 Å². The largest absolute Gasteiger partial charge is 0.618 e. The average Bonchev–Trinajstić information content (AvgIpc) is 2.25. The predicted octanol–water partition coefficient (Wildman–Crippen LogP) is 2.63. The third-order valence-electron chi connectivity index (χ3n) is 2.13. The molecule has 0 aliphatic carbocycles. The van der Waals surface area contributed by atoms with E-state index < -0.39 is 0 Å². The van der Waals surface area contributed by atoms with Gasteiger partial charge in [0.1, 0.15) is 0 Å². The molecule has 4 heteroatoms. The predicted molar refractivity (Wildman–Crippen MR) is 61.8 cm³/mol. The zero-order valence-corrected chi connectivity index (χ0v) is 9.82. The first-order valence-electron chi connectivity index (χ1n) is 4.67. The van der Waals surface area contributed by atoms with E-state index in [1.807, 2.05) is 31.2 Å². The SMILES string of the molecule is CCOc1c(Br)[n+]([O-])cc2ccccc12. The Balaban J connectivity index is 2.77. The van der Waals surface area contributed by atoms with Crippen molar-refractivity contribution in [3.63, 3.8) is 0 Å². The molecule has 0 amide bonds. The Morgan fingerprint density at radius 3 is 2.87 bits per heavy atom. The third-order valence-corrected chi connectivity index (χ3v) is 2.84. The summed E-state index contributed by atoms with van der Waals surface area (Å²) in [5, 5.41) is 13.3. The van der Waals surface area contributed by atoms with Crippen LogP contribution in [0, 0.1) is 5.21 Å². The molecule has 0 saturated heterocycles. The van der Waals surface area contributed by atoms with Crippen molar-refractivity contribution >= 4 is 26.7 Å². The molecule has 15 heavy (non-hydrogen) atoms. The Hall–Kier alpha value is -1.29. The van der Waals surface area contributed by atoms with Crippen LogP contribution in [0.25, 0.3) is 10.8 Å². The smallest absolute Gasteiger partial charge is 0.302 e. The van der Waals surface area contributed by atoms with Gasteiger partial charge in [0.15, 0.2) is 6.20 Å². The topological polar surface area (TPSA) is 36.2 Å². The van der Waals surface area contributed by atoms with Gasteiger partial charge < -0.3 is 9.94 Å². The van der Waals surface area contributed by atoms with E-state index >= 15 is 0 Å². The Bertz CT molecular complexity index is 499. The van der Waals surface area contributed by atoms with Crippen molar-refractivity contribution in [1.82, 2.24) is 0 Å². The summed E-state index contributed by atoms with van der Waals surface area (Å²) < 4.78 is 6.65. The Morgan fingerprint density at radius 2 is 2.13 bits per heavy atom. The first-order chi connectivity index (χ1) is 7.24. The molecular formula is C11H10BrNO2. The van der Waals surface area contributed by atoms with Crippen LogP contribution in [-0.4, -0.2) is 6.61 Å². The molecule has 1 aromatic carbocycles. The van der Waals surface area contributed by atoms with Gasteiger partial charge in [-0.1, -0.05) is 18.2 Å². The third kappa shape index (κ3) is 1.77. The molecule has 0 radical (unpaired) electrons. The summed E-state index contributed by atoms with van der Waals surface area (Å²) in [6.45, 7) is 2.43. The minimum Gasteiger partial charge on any atom is -0.618 e. The maximum Gasteiger partial charge on any atom is 0.302 e. The second-order valence-corrected chi connectivity index (χ2v) is 3.85. The standard InChI is InChI=1S/C11H10BrNO2/c1-2-15-10-9-6-4-3-5-8(9)7-13(14)11(10)12/h3-7H,2H2,1H3. The maximum atomic E-state index is 11.5. The minimum absolute atomic E-state index is 0.419. The molecule has 2 rings (SSSR count). The average molecular weight is 268 g/mol. The van der Waals surface area contributed by atoms with Crippen LogP contribution in [0.2, 0.25) is 0 Å². The lowest BCUT2D eigenvalue weighted by Gasteiger charge is -2.09. The molecule has 0 N–H and O–H groups in total. The number of halogens is 1. The summed E-state index contributed by atoms with van der Waals surface area (Å²) in [7, 11) is 0. The quantitative estimate of drug-likeness (QED) is 0.477. The molecule has 2 aromatic rings. The molecule has 0 spiro atoms. The summed E-state index contributed by atoms with van der Waals surface area (Å²) >= 11 is 3.23. The van der Waals surface area contributed by atoms with Crippen molar-refractivity contribution in [2.75, 3.05) is 6.61 Å². The highest BCUT2D eigenvalue weighted by Crippen LogP contribution is 2.30. The van der Waals surface area contributed by atoms with E-state index in [1.54, 1.807) is 0 Å². The second-order valence-electron chi connectivity index (χ2n) is 3.10. The number of hydrogen-bond acceptors (Lipinski definition) is 2. The summed E-state index contributed by atoms with van der Waals surface area (Å²) in [4.78, 5) is 0. The first-order valence-corrected chi connectivity index (χ1v) is 5.46. The molecule has 78 valence electrons. The van der Waals surface area contributed by atoms with Gasteiger partial charge in [-0.15, -0.1) is 0 Å². The van der Waals surface area contributed by atoms with Gasteiger partial charge in [0.05, 0.1) is 12.0 Å².